The van der Waals surface area contributed by atoms with Crippen molar-refractivity contribution in [1.82, 2.24) is 15.1 Å². The average Bonchev–Trinajstić information content (AvgIpc) is 3.27. The molecule has 2 atom stereocenters. The van der Waals surface area contributed by atoms with Crippen LogP contribution >= 0.6 is 0 Å². The van der Waals surface area contributed by atoms with E-state index < -0.39 is 0 Å². The van der Waals surface area contributed by atoms with E-state index in [1.54, 1.807) is 6.07 Å². The summed E-state index contributed by atoms with van der Waals surface area (Å²) in [5, 5.41) is 3.10. The minimum atomic E-state index is -0.229. The van der Waals surface area contributed by atoms with Gasteiger partial charge in [0.25, 0.3) is 0 Å². The first-order valence-electron chi connectivity index (χ1n) is 8.43. The van der Waals surface area contributed by atoms with E-state index in [1.807, 2.05) is 11.0 Å². The van der Waals surface area contributed by atoms with Gasteiger partial charge in [-0.1, -0.05) is 18.2 Å². The van der Waals surface area contributed by atoms with Gasteiger partial charge in [-0.15, -0.1) is 0 Å². The second-order valence-corrected chi connectivity index (χ2v) is 6.70. The summed E-state index contributed by atoms with van der Waals surface area (Å²) in [5.41, 5.74) is 2.09. The molecule has 2 amide bonds. The fourth-order valence-electron chi connectivity index (χ4n) is 3.98. The molecule has 2 heterocycles. The predicted octanol–water partition coefficient (Wildman–Crippen LogP) is 2.47. The number of aryl methyl sites for hydroxylation is 1. The molecule has 4 nitrogen and oxygen atoms in total. The highest BCUT2D eigenvalue weighted by Gasteiger charge is 2.32. The molecule has 0 bridgehead atoms. The number of carbonyl (C=O) groups excluding carboxylic acids is 1. The number of likely N-dealkylation sites (tertiary alicyclic amines) is 1. The van der Waals surface area contributed by atoms with E-state index in [0.717, 1.165) is 56.6 Å². The van der Waals surface area contributed by atoms with Crippen molar-refractivity contribution in [2.45, 2.75) is 31.3 Å². The zero-order chi connectivity index (χ0) is 15.8. The van der Waals surface area contributed by atoms with Crippen LogP contribution in [0.4, 0.5) is 9.18 Å². The number of rotatable bonds is 2. The number of halogens is 1. The molecule has 0 spiro atoms. The van der Waals surface area contributed by atoms with Crippen molar-refractivity contribution in [2.75, 3.05) is 26.2 Å². The van der Waals surface area contributed by atoms with Crippen LogP contribution in [-0.2, 0) is 6.42 Å². The van der Waals surface area contributed by atoms with Crippen molar-refractivity contribution < 1.29 is 9.18 Å². The lowest BCUT2D eigenvalue weighted by Crippen LogP contribution is -2.42. The number of nitrogens with zero attached hydrogens (tertiary/aromatic N) is 2. The number of amides is 2. The van der Waals surface area contributed by atoms with Crippen LogP contribution in [0.15, 0.2) is 30.4 Å². The number of benzene rings is 1. The molecular formula is C18H22FN3O. The van der Waals surface area contributed by atoms with Gasteiger partial charge in [0.2, 0.25) is 0 Å². The third kappa shape index (κ3) is 2.85. The standard InChI is InChI=1S/C18H22FN3O/c19-14-5-3-13-4-6-17(16(13)11-14)20-18(23)22-10-7-15(12-22)21-8-1-2-9-21/h1-3,5,11,15,17H,4,6-10,12H2,(H,20,23)/t15-,17-/m0/s1. The molecule has 1 aromatic rings. The molecule has 1 aliphatic carbocycles. The molecule has 122 valence electrons. The van der Waals surface area contributed by atoms with Crippen LogP contribution < -0.4 is 5.32 Å². The number of urea groups is 1. The monoisotopic (exact) mass is 315 g/mol. The Labute approximate surface area is 136 Å². The molecule has 3 aliphatic rings. The lowest BCUT2D eigenvalue weighted by Gasteiger charge is -2.25. The normalized spacial score (nSPS) is 26.7. The van der Waals surface area contributed by atoms with Gasteiger partial charge in [0.05, 0.1) is 6.04 Å². The van der Waals surface area contributed by atoms with Crippen LogP contribution in [-0.4, -0.2) is 48.1 Å². The summed E-state index contributed by atoms with van der Waals surface area (Å²) in [4.78, 5) is 16.9. The number of carbonyl (C=O) groups is 1. The summed E-state index contributed by atoms with van der Waals surface area (Å²) >= 11 is 0. The largest absolute Gasteiger partial charge is 0.331 e. The highest BCUT2D eigenvalue weighted by Crippen LogP contribution is 2.32. The van der Waals surface area contributed by atoms with Crippen LogP contribution in [0.5, 0.6) is 0 Å². The van der Waals surface area contributed by atoms with Crippen LogP contribution in [0.2, 0.25) is 0 Å². The first-order chi connectivity index (χ1) is 11.2. The minimum Gasteiger partial charge on any atom is -0.331 e. The summed E-state index contributed by atoms with van der Waals surface area (Å²) in [6.07, 6.45) is 7.17. The van der Waals surface area contributed by atoms with Crippen molar-refractivity contribution in [3.8, 4) is 0 Å². The smallest absolute Gasteiger partial charge is 0.317 e. The van der Waals surface area contributed by atoms with Crippen LogP contribution in [0.3, 0.4) is 0 Å². The van der Waals surface area contributed by atoms with Gasteiger partial charge >= 0.3 is 6.03 Å². The summed E-state index contributed by atoms with van der Waals surface area (Å²) in [7, 11) is 0. The third-order valence-electron chi connectivity index (χ3n) is 5.30. The van der Waals surface area contributed by atoms with E-state index in [1.165, 1.54) is 6.07 Å². The van der Waals surface area contributed by atoms with Gasteiger partial charge in [0.15, 0.2) is 0 Å². The van der Waals surface area contributed by atoms with Crippen molar-refractivity contribution in [2.24, 2.45) is 0 Å². The van der Waals surface area contributed by atoms with Crippen molar-refractivity contribution in [1.29, 1.82) is 0 Å². The van der Waals surface area contributed by atoms with E-state index in [2.05, 4.69) is 22.4 Å². The van der Waals surface area contributed by atoms with E-state index in [-0.39, 0.29) is 17.9 Å². The molecule has 1 N–H and O–H groups in total. The van der Waals surface area contributed by atoms with E-state index in [4.69, 9.17) is 0 Å². The van der Waals surface area contributed by atoms with Crippen molar-refractivity contribution >= 4 is 6.03 Å². The van der Waals surface area contributed by atoms with Crippen LogP contribution in [0, 0.1) is 5.82 Å². The maximum atomic E-state index is 13.5. The van der Waals surface area contributed by atoms with E-state index in [9.17, 15) is 9.18 Å². The molecule has 4 rings (SSSR count). The van der Waals surface area contributed by atoms with Crippen LogP contribution in [0.25, 0.3) is 0 Å². The van der Waals surface area contributed by atoms with Gasteiger partial charge in [0, 0.05) is 32.2 Å². The van der Waals surface area contributed by atoms with Gasteiger partial charge in [0.1, 0.15) is 5.82 Å². The lowest BCUT2D eigenvalue weighted by atomic mass is 10.1. The molecule has 0 saturated carbocycles. The second-order valence-electron chi connectivity index (χ2n) is 6.70. The molecule has 0 aromatic heterocycles. The van der Waals surface area contributed by atoms with E-state index >= 15 is 0 Å². The molecule has 0 radical (unpaired) electrons. The first kappa shape index (κ1) is 14.7. The van der Waals surface area contributed by atoms with Gasteiger partial charge in [-0.2, -0.15) is 0 Å². The Kier molecular flexibility index (Phi) is 3.81. The second kappa shape index (κ2) is 5.96. The number of hydrogen-bond donors (Lipinski definition) is 1. The molecule has 2 aliphatic heterocycles. The zero-order valence-corrected chi connectivity index (χ0v) is 13.2. The Hall–Kier alpha value is -1.88. The zero-order valence-electron chi connectivity index (χ0n) is 13.2. The molecule has 5 heteroatoms. The fraction of sp³-hybridized carbons (Fsp3) is 0.500. The summed E-state index contributed by atoms with van der Waals surface area (Å²) < 4.78 is 13.5. The number of fused-ring (bicyclic) bond motifs is 1. The van der Waals surface area contributed by atoms with Gasteiger partial charge in [-0.05, 0) is 42.5 Å². The summed E-state index contributed by atoms with van der Waals surface area (Å²) in [5.74, 6) is -0.229. The molecular weight excluding hydrogens is 293 g/mol. The van der Waals surface area contributed by atoms with Gasteiger partial charge in [-0.25, -0.2) is 9.18 Å². The Balaban J connectivity index is 1.37. The Morgan fingerprint density at radius 2 is 2.04 bits per heavy atom. The van der Waals surface area contributed by atoms with Crippen LogP contribution in [0.1, 0.15) is 30.0 Å². The summed E-state index contributed by atoms with van der Waals surface area (Å²) in [6.45, 7) is 3.58. The maximum absolute atomic E-state index is 13.5. The minimum absolute atomic E-state index is 0.0123. The number of hydrogen-bond acceptors (Lipinski definition) is 2. The van der Waals surface area contributed by atoms with E-state index in [0.29, 0.717) is 6.04 Å². The van der Waals surface area contributed by atoms with Gasteiger partial charge < -0.3 is 10.2 Å². The Morgan fingerprint density at radius 1 is 1.22 bits per heavy atom. The average molecular weight is 315 g/mol. The molecule has 1 fully saturated rings. The summed E-state index contributed by atoms with van der Waals surface area (Å²) in [6, 6.07) is 5.29. The maximum Gasteiger partial charge on any atom is 0.317 e. The predicted molar refractivity (Wildman–Crippen MR) is 86.7 cm³/mol. The SMILES string of the molecule is O=C(N[C@H]1CCc2ccc(F)cc21)N1CC[C@H](N2CC=CC2)C1. The Morgan fingerprint density at radius 3 is 2.87 bits per heavy atom. The Bertz CT molecular complexity index is 637. The van der Waals surface area contributed by atoms with Crippen molar-refractivity contribution in [3.63, 3.8) is 0 Å². The molecule has 1 saturated heterocycles. The fourth-order valence-corrected chi connectivity index (χ4v) is 3.98. The van der Waals surface area contributed by atoms with Crippen molar-refractivity contribution in [3.05, 3.63) is 47.3 Å². The lowest BCUT2D eigenvalue weighted by molar-refractivity contribution is 0.196. The topological polar surface area (TPSA) is 35.6 Å². The molecule has 23 heavy (non-hydrogen) atoms. The highest BCUT2D eigenvalue weighted by atomic mass is 19.1. The molecule has 0 unspecified atom stereocenters. The third-order valence-corrected chi connectivity index (χ3v) is 5.30. The number of nitrogens with one attached hydrogen (secondary N) is 1. The highest BCUT2D eigenvalue weighted by molar-refractivity contribution is 5.75. The quantitative estimate of drug-likeness (QED) is 0.851. The first-order valence-corrected chi connectivity index (χ1v) is 8.43. The van der Waals surface area contributed by atoms with Gasteiger partial charge in [-0.3, -0.25) is 4.90 Å². The molecule has 1 aromatic carbocycles.